The summed E-state index contributed by atoms with van der Waals surface area (Å²) in [5, 5.41) is 13.5. The van der Waals surface area contributed by atoms with Crippen molar-refractivity contribution in [2.75, 3.05) is 6.54 Å². The third-order valence-electron chi connectivity index (χ3n) is 3.33. The summed E-state index contributed by atoms with van der Waals surface area (Å²) >= 11 is 0. The fourth-order valence-electron chi connectivity index (χ4n) is 2.40. The molecule has 0 spiro atoms. The Bertz CT molecular complexity index is 783. The highest BCUT2D eigenvalue weighted by Crippen LogP contribution is 2.12. The van der Waals surface area contributed by atoms with Gasteiger partial charge in [0.25, 0.3) is 5.56 Å². The van der Waals surface area contributed by atoms with Gasteiger partial charge in [0.05, 0.1) is 0 Å². The molecule has 2 rings (SSSR count). The largest absolute Gasteiger partial charge is 0.338 e. The maximum absolute atomic E-state index is 12.2. The molecule has 1 aliphatic heterocycles. The van der Waals surface area contributed by atoms with Crippen molar-refractivity contribution in [3.63, 3.8) is 0 Å². The molecule has 116 valence electrons. The van der Waals surface area contributed by atoms with Crippen molar-refractivity contribution >= 4 is 11.9 Å². The molecule has 1 aromatic heterocycles. The van der Waals surface area contributed by atoms with Crippen LogP contribution < -0.4 is 21.9 Å². The zero-order valence-electron chi connectivity index (χ0n) is 12.0. The molecule has 22 heavy (non-hydrogen) atoms. The molecule has 2 N–H and O–H groups in total. The normalized spacial score (nSPS) is 12.4. The van der Waals surface area contributed by atoms with Crippen LogP contribution >= 0.6 is 0 Å². The molecule has 2 heterocycles. The first-order valence-electron chi connectivity index (χ1n) is 6.83. The van der Waals surface area contributed by atoms with E-state index in [1.807, 2.05) is 5.32 Å². The third-order valence-corrected chi connectivity index (χ3v) is 3.33. The summed E-state index contributed by atoms with van der Waals surface area (Å²) in [4.78, 5) is 47.4. The van der Waals surface area contributed by atoms with Crippen molar-refractivity contribution in [1.82, 2.24) is 19.8 Å². The number of carbonyl (C=O) groups excluding carboxylic acids is 2. The molecular formula is C13H15N5O4. The number of hydrogen-bond donors (Lipinski definition) is 2. The average molecular weight is 305 g/mol. The molecule has 0 saturated carbocycles. The Morgan fingerprint density at radius 2 is 2.09 bits per heavy atom. The minimum Gasteiger partial charge on any atom is -0.338 e. The zero-order valence-corrected chi connectivity index (χ0v) is 12.0. The molecule has 9 heteroatoms. The Labute approximate surface area is 125 Å². The molecule has 3 amide bonds. The molecule has 1 aromatic rings. The van der Waals surface area contributed by atoms with E-state index in [-0.39, 0.29) is 5.56 Å². The number of nitrogens with one attached hydrogen (secondary N) is 2. The van der Waals surface area contributed by atoms with Gasteiger partial charge in [0, 0.05) is 18.8 Å². The van der Waals surface area contributed by atoms with Crippen molar-refractivity contribution in [2.45, 2.75) is 32.9 Å². The van der Waals surface area contributed by atoms with Crippen molar-refractivity contribution in [2.24, 2.45) is 0 Å². The molecule has 9 nitrogen and oxygen atoms in total. The second-order valence-corrected chi connectivity index (χ2v) is 4.77. The van der Waals surface area contributed by atoms with Gasteiger partial charge in [-0.05, 0) is 19.8 Å². The molecule has 0 saturated heterocycles. The number of nitriles is 1. The van der Waals surface area contributed by atoms with Crippen LogP contribution in [0.5, 0.6) is 0 Å². The molecular weight excluding hydrogens is 290 g/mol. The van der Waals surface area contributed by atoms with Crippen LogP contribution in [0.2, 0.25) is 0 Å². The first kappa shape index (κ1) is 15.5. The summed E-state index contributed by atoms with van der Waals surface area (Å²) in [6.45, 7) is 1.81. The number of nitrogens with zero attached hydrogens (tertiary/aromatic N) is 3. The lowest BCUT2D eigenvalue weighted by molar-refractivity contribution is -0.120. The number of urea groups is 1. The van der Waals surface area contributed by atoms with Crippen molar-refractivity contribution < 1.29 is 9.59 Å². The summed E-state index contributed by atoms with van der Waals surface area (Å²) in [6.07, 6.45) is 1.15. The lowest BCUT2D eigenvalue weighted by Gasteiger charge is -2.10. The number of carbonyl (C=O) groups is 2. The number of aromatic nitrogens is 2. The van der Waals surface area contributed by atoms with Gasteiger partial charge in [-0.25, -0.2) is 14.2 Å². The number of hydrogen-bond acceptors (Lipinski definition) is 5. The summed E-state index contributed by atoms with van der Waals surface area (Å²) in [6, 6.07) is 1.09. The van der Waals surface area contributed by atoms with Crippen LogP contribution in [0.1, 0.15) is 24.6 Å². The topological polar surface area (TPSA) is 126 Å². The number of rotatable bonds is 3. The zero-order chi connectivity index (χ0) is 16.3. The SMILES string of the molecule is CCNC(=O)NC(=O)Cn1c(=O)c(C#N)c2n(c1=O)CCC2. The first-order valence-corrected chi connectivity index (χ1v) is 6.83. The van der Waals surface area contributed by atoms with E-state index < -0.39 is 29.7 Å². The Morgan fingerprint density at radius 3 is 2.73 bits per heavy atom. The molecule has 0 bridgehead atoms. The van der Waals surface area contributed by atoms with Gasteiger partial charge in [-0.1, -0.05) is 0 Å². The smallest absolute Gasteiger partial charge is 0.331 e. The van der Waals surface area contributed by atoms with E-state index >= 15 is 0 Å². The monoisotopic (exact) mass is 305 g/mol. The second kappa shape index (κ2) is 6.26. The van der Waals surface area contributed by atoms with Gasteiger partial charge in [0.2, 0.25) is 5.91 Å². The Morgan fingerprint density at radius 1 is 1.36 bits per heavy atom. The highest BCUT2D eigenvalue weighted by Gasteiger charge is 2.23. The van der Waals surface area contributed by atoms with Gasteiger partial charge in [-0.15, -0.1) is 0 Å². The van der Waals surface area contributed by atoms with E-state index in [9.17, 15) is 19.2 Å². The quantitative estimate of drug-likeness (QED) is 0.716. The van der Waals surface area contributed by atoms with Gasteiger partial charge in [-0.2, -0.15) is 5.26 Å². The van der Waals surface area contributed by atoms with Crippen molar-refractivity contribution in [3.05, 3.63) is 32.1 Å². The Balaban J connectivity index is 2.35. The summed E-state index contributed by atoms with van der Waals surface area (Å²) < 4.78 is 2.02. The minimum absolute atomic E-state index is 0.122. The fourth-order valence-corrected chi connectivity index (χ4v) is 2.40. The predicted molar refractivity (Wildman–Crippen MR) is 75.2 cm³/mol. The maximum Gasteiger partial charge on any atom is 0.331 e. The molecule has 0 radical (unpaired) electrons. The van der Waals surface area contributed by atoms with Gasteiger partial charge in [0.1, 0.15) is 18.2 Å². The molecule has 1 aliphatic rings. The lowest BCUT2D eigenvalue weighted by Crippen LogP contribution is -2.47. The first-order chi connectivity index (χ1) is 10.5. The summed E-state index contributed by atoms with van der Waals surface area (Å²) in [5.74, 6) is -0.799. The number of amides is 3. The van der Waals surface area contributed by atoms with Gasteiger partial charge in [-0.3, -0.25) is 19.5 Å². The minimum atomic E-state index is -0.799. The molecule has 0 aliphatic carbocycles. The van der Waals surface area contributed by atoms with Crippen molar-refractivity contribution in [3.8, 4) is 6.07 Å². The maximum atomic E-state index is 12.2. The van der Waals surface area contributed by atoms with Crippen LogP contribution in [-0.4, -0.2) is 27.6 Å². The van der Waals surface area contributed by atoms with E-state index in [2.05, 4.69) is 5.32 Å². The average Bonchev–Trinajstić information content (AvgIpc) is 2.93. The van der Waals surface area contributed by atoms with E-state index in [0.717, 1.165) is 0 Å². The van der Waals surface area contributed by atoms with Crippen LogP contribution in [0.3, 0.4) is 0 Å². The predicted octanol–water partition coefficient (Wildman–Crippen LogP) is -1.33. The van der Waals surface area contributed by atoms with Crippen LogP contribution in [0.4, 0.5) is 4.79 Å². The third kappa shape index (κ3) is 2.76. The molecule has 0 unspecified atom stereocenters. The van der Waals surface area contributed by atoms with E-state index in [1.165, 1.54) is 4.57 Å². The van der Waals surface area contributed by atoms with E-state index in [0.29, 0.717) is 36.2 Å². The van der Waals surface area contributed by atoms with Gasteiger partial charge in [0.15, 0.2) is 0 Å². The van der Waals surface area contributed by atoms with Crippen LogP contribution in [-0.2, 0) is 24.3 Å². The van der Waals surface area contributed by atoms with Crippen molar-refractivity contribution in [1.29, 1.82) is 5.26 Å². The Kier molecular flexibility index (Phi) is 4.41. The van der Waals surface area contributed by atoms with E-state index in [4.69, 9.17) is 5.26 Å². The molecule has 0 fully saturated rings. The van der Waals surface area contributed by atoms with E-state index in [1.54, 1.807) is 13.0 Å². The summed E-state index contributed by atoms with van der Waals surface area (Å²) in [7, 11) is 0. The standard InChI is InChI=1S/C13H15N5O4/c1-2-15-12(21)16-10(19)7-18-11(20)8(6-14)9-4-3-5-17(9)13(18)22/h2-5,7H2,1H3,(H2,15,16,19,21). The number of imide groups is 1. The summed E-state index contributed by atoms with van der Waals surface area (Å²) in [5.41, 5.74) is -1.14. The fraction of sp³-hybridized carbons (Fsp3) is 0.462. The van der Waals surface area contributed by atoms with Gasteiger partial charge >= 0.3 is 11.7 Å². The second-order valence-electron chi connectivity index (χ2n) is 4.77. The molecule has 0 atom stereocenters. The Hall–Kier alpha value is -2.89. The highest BCUT2D eigenvalue weighted by molar-refractivity contribution is 5.94. The van der Waals surface area contributed by atoms with Crippen LogP contribution in [0.25, 0.3) is 0 Å². The van der Waals surface area contributed by atoms with Gasteiger partial charge < -0.3 is 5.32 Å². The number of fused-ring (bicyclic) bond motifs is 1. The molecule has 0 aromatic carbocycles. The van der Waals surface area contributed by atoms with Crippen LogP contribution in [0, 0.1) is 11.3 Å². The lowest BCUT2D eigenvalue weighted by atomic mass is 10.2. The van der Waals surface area contributed by atoms with Crippen LogP contribution in [0.15, 0.2) is 9.59 Å². The highest BCUT2D eigenvalue weighted by atomic mass is 16.2.